The van der Waals surface area contributed by atoms with Crippen LogP contribution in [0.3, 0.4) is 0 Å². The van der Waals surface area contributed by atoms with Crippen molar-refractivity contribution in [1.29, 1.82) is 0 Å². The minimum absolute atomic E-state index is 0.134. The summed E-state index contributed by atoms with van der Waals surface area (Å²) in [4.78, 5) is 20.4. The summed E-state index contributed by atoms with van der Waals surface area (Å²) in [6.45, 7) is 4.96. The van der Waals surface area contributed by atoms with E-state index in [1.807, 2.05) is 17.7 Å². The van der Waals surface area contributed by atoms with E-state index in [1.165, 1.54) is 17.7 Å². The summed E-state index contributed by atoms with van der Waals surface area (Å²) in [5, 5.41) is 0. The van der Waals surface area contributed by atoms with Gasteiger partial charge in [-0.3, -0.25) is 9.36 Å². The molecule has 0 spiro atoms. The fourth-order valence-corrected chi connectivity index (χ4v) is 1.82. The van der Waals surface area contributed by atoms with Crippen molar-refractivity contribution >= 4 is 0 Å². The molecule has 2 aromatic rings. The van der Waals surface area contributed by atoms with Crippen molar-refractivity contribution in [3.05, 3.63) is 40.3 Å². The molecule has 0 aliphatic heterocycles. The van der Waals surface area contributed by atoms with Crippen LogP contribution < -0.4 is 10.3 Å². The van der Waals surface area contributed by atoms with Crippen LogP contribution in [0.15, 0.2) is 23.3 Å². The molecule has 0 fully saturated rings. The molecule has 0 N–H and O–H groups in total. The van der Waals surface area contributed by atoms with E-state index in [0.717, 1.165) is 12.4 Å². The average Bonchev–Trinajstić information content (AvgIpc) is 2.79. The summed E-state index contributed by atoms with van der Waals surface area (Å²) >= 11 is 0. The van der Waals surface area contributed by atoms with E-state index in [4.69, 9.17) is 4.74 Å². The summed E-state index contributed by atoms with van der Waals surface area (Å²) in [5.74, 6) is 0.809. The third-order valence-corrected chi connectivity index (χ3v) is 2.73. The van der Waals surface area contributed by atoms with Crippen LogP contribution in [0.4, 0.5) is 0 Å². The molecular weight excluding hydrogens is 232 g/mol. The molecule has 0 aliphatic rings. The Bertz CT molecular complexity index is 600. The van der Waals surface area contributed by atoms with Crippen LogP contribution in [0.2, 0.25) is 0 Å². The smallest absolute Gasteiger partial charge is 0.299 e. The Labute approximate surface area is 105 Å². The summed E-state index contributed by atoms with van der Waals surface area (Å²) in [6, 6.07) is 1.80. The Kier molecular flexibility index (Phi) is 3.45. The number of nitrogens with zero attached hydrogens (tertiary/aromatic N) is 4. The zero-order valence-electron chi connectivity index (χ0n) is 10.8. The molecule has 0 aromatic carbocycles. The number of ether oxygens (including phenoxy) is 1. The van der Waals surface area contributed by atoms with E-state index >= 15 is 0 Å². The van der Waals surface area contributed by atoms with Gasteiger partial charge in [-0.2, -0.15) is 0 Å². The molecule has 2 heterocycles. The molecule has 0 amide bonds. The van der Waals surface area contributed by atoms with Gasteiger partial charge in [-0.15, -0.1) is 0 Å². The number of hydrogen-bond donors (Lipinski definition) is 0. The molecule has 2 aromatic heterocycles. The summed E-state index contributed by atoms with van der Waals surface area (Å²) in [7, 11) is 1.50. The van der Waals surface area contributed by atoms with Crippen molar-refractivity contribution in [1.82, 2.24) is 19.1 Å². The molecule has 0 unspecified atom stereocenters. The molecule has 0 aliphatic carbocycles. The van der Waals surface area contributed by atoms with Gasteiger partial charge in [0.25, 0.3) is 11.6 Å². The van der Waals surface area contributed by atoms with E-state index in [9.17, 15) is 4.79 Å². The first kappa shape index (κ1) is 12.3. The normalized spacial score (nSPS) is 10.6. The Morgan fingerprint density at radius 1 is 1.44 bits per heavy atom. The van der Waals surface area contributed by atoms with Gasteiger partial charge in [0.15, 0.2) is 0 Å². The Balaban J connectivity index is 2.43. The monoisotopic (exact) mass is 248 g/mol. The molecule has 6 nitrogen and oxygen atoms in total. The third kappa shape index (κ3) is 2.27. The maximum atomic E-state index is 12.0. The molecule has 0 atom stereocenters. The first-order valence-electron chi connectivity index (χ1n) is 5.78. The number of imidazole rings is 1. The summed E-state index contributed by atoms with van der Waals surface area (Å²) in [5.41, 5.74) is 0.511. The van der Waals surface area contributed by atoms with Crippen molar-refractivity contribution in [3.8, 4) is 6.01 Å². The van der Waals surface area contributed by atoms with E-state index in [-0.39, 0.29) is 5.56 Å². The fraction of sp³-hybridized carbons (Fsp3) is 0.417. The molecule has 0 saturated heterocycles. The molecule has 0 saturated carbocycles. The van der Waals surface area contributed by atoms with E-state index in [1.54, 1.807) is 13.1 Å². The second-order valence-corrected chi connectivity index (χ2v) is 3.94. The SMILES string of the molecule is CCn1ccnc1Cn1c(OC)nc(C)cc1=O. The van der Waals surface area contributed by atoms with Crippen molar-refractivity contribution in [2.24, 2.45) is 0 Å². The van der Waals surface area contributed by atoms with Gasteiger partial charge in [0.1, 0.15) is 5.82 Å². The number of methoxy groups -OCH3 is 1. The average molecular weight is 248 g/mol. The largest absolute Gasteiger partial charge is 0.468 e. The maximum absolute atomic E-state index is 12.0. The standard InChI is InChI=1S/C12H16N4O2/c1-4-15-6-5-13-10(15)8-16-11(17)7-9(2)14-12(16)18-3/h5-7H,4,8H2,1-3H3. The summed E-state index contributed by atoms with van der Waals surface area (Å²) < 4.78 is 8.60. The number of hydrogen-bond acceptors (Lipinski definition) is 4. The highest BCUT2D eigenvalue weighted by atomic mass is 16.5. The fourth-order valence-electron chi connectivity index (χ4n) is 1.82. The van der Waals surface area contributed by atoms with Gasteiger partial charge in [-0.1, -0.05) is 0 Å². The topological polar surface area (TPSA) is 61.9 Å². The second kappa shape index (κ2) is 5.03. The van der Waals surface area contributed by atoms with Crippen molar-refractivity contribution in [3.63, 3.8) is 0 Å². The molecule has 0 bridgehead atoms. The van der Waals surface area contributed by atoms with Crippen molar-refractivity contribution in [2.75, 3.05) is 7.11 Å². The van der Waals surface area contributed by atoms with Gasteiger partial charge in [0.2, 0.25) is 0 Å². The predicted molar refractivity (Wildman–Crippen MR) is 66.8 cm³/mol. The van der Waals surface area contributed by atoms with Crippen LogP contribution >= 0.6 is 0 Å². The van der Waals surface area contributed by atoms with Gasteiger partial charge in [-0.05, 0) is 13.8 Å². The van der Waals surface area contributed by atoms with Crippen LogP contribution in [0.1, 0.15) is 18.4 Å². The highest BCUT2D eigenvalue weighted by Crippen LogP contribution is 2.07. The maximum Gasteiger partial charge on any atom is 0.299 e. The zero-order valence-corrected chi connectivity index (χ0v) is 10.8. The lowest BCUT2D eigenvalue weighted by Gasteiger charge is -2.11. The number of aromatic nitrogens is 4. The highest BCUT2D eigenvalue weighted by molar-refractivity contribution is 5.08. The van der Waals surface area contributed by atoms with Gasteiger partial charge in [0.05, 0.1) is 13.7 Å². The van der Waals surface area contributed by atoms with E-state index in [2.05, 4.69) is 9.97 Å². The van der Waals surface area contributed by atoms with Crippen LogP contribution in [0.25, 0.3) is 0 Å². The Morgan fingerprint density at radius 2 is 2.22 bits per heavy atom. The molecule has 96 valence electrons. The minimum Gasteiger partial charge on any atom is -0.468 e. The van der Waals surface area contributed by atoms with Crippen LogP contribution in [-0.4, -0.2) is 26.2 Å². The highest BCUT2D eigenvalue weighted by Gasteiger charge is 2.10. The lowest BCUT2D eigenvalue weighted by Crippen LogP contribution is -2.24. The molecule has 6 heteroatoms. The number of rotatable bonds is 4. The van der Waals surface area contributed by atoms with Gasteiger partial charge in [-0.25, -0.2) is 9.97 Å². The number of aryl methyl sites for hydroxylation is 2. The molecule has 18 heavy (non-hydrogen) atoms. The van der Waals surface area contributed by atoms with Crippen molar-refractivity contribution < 1.29 is 4.74 Å². The van der Waals surface area contributed by atoms with E-state index < -0.39 is 0 Å². The first-order valence-corrected chi connectivity index (χ1v) is 5.78. The predicted octanol–water partition coefficient (Wildman–Crippen LogP) is 0.825. The van der Waals surface area contributed by atoms with Gasteiger partial charge < -0.3 is 9.30 Å². The van der Waals surface area contributed by atoms with Crippen LogP contribution in [-0.2, 0) is 13.1 Å². The lowest BCUT2D eigenvalue weighted by atomic mass is 10.4. The quantitative estimate of drug-likeness (QED) is 0.804. The van der Waals surface area contributed by atoms with Gasteiger partial charge in [0, 0.05) is 30.7 Å². The zero-order chi connectivity index (χ0) is 13.1. The van der Waals surface area contributed by atoms with E-state index in [0.29, 0.717) is 18.2 Å². The van der Waals surface area contributed by atoms with Crippen molar-refractivity contribution in [2.45, 2.75) is 26.9 Å². The lowest BCUT2D eigenvalue weighted by molar-refractivity contribution is 0.347. The molecule has 2 rings (SSSR count). The van der Waals surface area contributed by atoms with Gasteiger partial charge >= 0.3 is 0 Å². The molecular formula is C12H16N4O2. The molecule has 0 radical (unpaired) electrons. The van der Waals surface area contributed by atoms with Crippen LogP contribution in [0, 0.1) is 6.92 Å². The Hall–Kier alpha value is -2.11. The second-order valence-electron chi connectivity index (χ2n) is 3.94. The van der Waals surface area contributed by atoms with Crippen LogP contribution in [0.5, 0.6) is 6.01 Å². The Morgan fingerprint density at radius 3 is 2.89 bits per heavy atom. The summed E-state index contributed by atoms with van der Waals surface area (Å²) in [6.07, 6.45) is 3.60. The third-order valence-electron chi connectivity index (χ3n) is 2.73. The first-order chi connectivity index (χ1) is 8.65. The minimum atomic E-state index is -0.134.